The van der Waals surface area contributed by atoms with Crippen LogP contribution >= 0.6 is 0 Å². The van der Waals surface area contributed by atoms with Gasteiger partial charge in [0.05, 0.1) is 22.3 Å². The number of benzene rings is 6. The SMILES string of the molecule is [2H]C([2H])([2H])C(c1cccc(-c2nc3c(-c4[c-]c(-c5cc(-c6ccc(C)cc6)ccn5)cc(C(C)(C)C)c4)cccc3n2-c2ccc(C(C)(C)C)cc2-c2ccccc2)c1O)(C([2H])([2H])[2H])C([2H])([2H])[2H].[Pt]. The quantitative estimate of drug-likeness (QED) is 0.169. The van der Waals surface area contributed by atoms with Crippen molar-refractivity contribution in [3.05, 3.63) is 168 Å². The summed E-state index contributed by atoms with van der Waals surface area (Å²) in [5.74, 6) is -0.688. The number of hydrogen-bond acceptors (Lipinski definition) is 3. The van der Waals surface area contributed by atoms with Crippen molar-refractivity contribution in [3.63, 3.8) is 0 Å². The van der Waals surface area contributed by atoms with E-state index in [2.05, 4.69) is 103 Å². The summed E-state index contributed by atoms with van der Waals surface area (Å²) in [6, 6.07) is 45.9. The molecule has 0 amide bonds. The van der Waals surface area contributed by atoms with Crippen molar-refractivity contribution in [2.24, 2.45) is 0 Å². The van der Waals surface area contributed by atoms with Gasteiger partial charge in [0.15, 0.2) is 0 Å². The maximum absolute atomic E-state index is 12.5. The first-order valence-electron chi connectivity index (χ1n) is 24.4. The Balaban J connectivity index is 0.00000703. The summed E-state index contributed by atoms with van der Waals surface area (Å²) in [5, 5.41) is 12.5. The first-order chi connectivity index (χ1) is 31.7. The minimum atomic E-state index is -3.61. The van der Waals surface area contributed by atoms with Gasteiger partial charge in [0.25, 0.3) is 0 Å². The van der Waals surface area contributed by atoms with E-state index in [1.165, 1.54) is 12.1 Å². The van der Waals surface area contributed by atoms with E-state index < -0.39 is 37.3 Å². The molecule has 0 aliphatic rings. The van der Waals surface area contributed by atoms with Gasteiger partial charge in [-0.3, -0.25) is 9.55 Å². The van der Waals surface area contributed by atoms with Gasteiger partial charge in [-0.15, -0.1) is 29.3 Å². The molecule has 0 radical (unpaired) electrons. The monoisotopic (exact) mass is 976 g/mol. The standard InChI is InChI=1S/C55H54N3O.Pt/c1-35-22-24-36(25-23-35)38-28-29-56-47(33-38)40-30-39(31-42(32-40)54(5,6)7)43-18-15-21-49-50(43)57-52(44-19-14-20-46(51(44)59)55(8,9)10)58(49)48-27-26-41(53(2,3)4)34-45(48)37-16-12-11-13-17-37;/h11-29,31-34,59H,1-10H3;/q-1;/i8D3,9D3,10D3;. The molecule has 60 heavy (non-hydrogen) atoms. The fraction of sp³-hybridized carbons (Fsp3) is 0.236. The van der Waals surface area contributed by atoms with E-state index in [0.717, 1.165) is 56.3 Å². The van der Waals surface area contributed by atoms with E-state index in [0.29, 0.717) is 27.8 Å². The van der Waals surface area contributed by atoms with Crippen molar-refractivity contribution >= 4 is 11.0 Å². The second-order valence-corrected chi connectivity index (χ2v) is 17.5. The van der Waals surface area contributed by atoms with Gasteiger partial charge in [0.2, 0.25) is 0 Å². The molecule has 0 spiro atoms. The number of aryl methyl sites for hydroxylation is 1. The predicted molar refractivity (Wildman–Crippen MR) is 247 cm³/mol. The molecule has 2 heterocycles. The zero-order valence-electron chi connectivity index (χ0n) is 43.9. The molecule has 5 heteroatoms. The Kier molecular flexibility index (Phi) is 8.66. The minimum Gasteiger partial charge on any atom is -0.507 e. The maximum Gasteiger partial charge on any atom is 0.148 e. The molecule has 1 N–H and O–H groups in total. The molecule has 0 saturated heterocycles. The molecule has 0 aliphatic heterocycles. The molecule has 2 aromatic heterocycles. The molecule has 0 atom stereocenters. The molecular formula is C55H54N3OPt-. The van der Waals surface area contributed by atoms with Crippen LogP contribution < -0.4 is 0 Å². The van der Waals surface area contributed by atoms with Gasteiger partial charge in [0, 0.05) is 50.9 Å². The average Bonchev–Trinajstić information content (AvgIpc) is 3.65. The van der Waals surface area contributed by atoms with Gasteiger partial charge >= 0.3 is 0 Å². The smallest absolute Gasteiger partial charge is 0.148 e. The first-order valence-corrected chi connectivity index (χ1v) is 19.9. The van der Waals surface area contributed by atoms with Crippen molar-refractivity contribution in [1.29, 1.82) is 0 Å². The summed E-state index contributed by atoms with van der Waals surface area (Å²) in [7, 11) is 0. The van der Waals surface area contributed by atoms with Gasteiger partial charge < -0.3 is 5.11 Å². The van der Waals surface area contributed by atoms with E-state index in [9.17, 15) is 5.11 Å². The largest absolute Gasteiger partial charge is 0.507 e. The molecule has 0 saturated carbocycles. The normalized spacial score (nSPS) is 14.9. The number of para-hydroxylation sites is 2. The van der Waals surface area contributed by atoms with Crippen molar-refractivity contribution in [1.82, 2.24) is 14.5 Å². The molecule has 8 rings (SSSR count). The van der Waals surface area contributed by atoms with Crippen LogP contribution in [0.3, 0.4) is 0 Å². The number of imidazole rings is 1. The molecule has 0 unspecified atom stereocenters. The first kappa shape index (κ1) is 32.2. The van der Waals surface area contributed by atoms with Crippen LogP contribution in [0.1, 0.15) is 96.7 Å². The zero-order chi connectivity index (χ0) is 49.4. The number of phenols is 1. The second-order valence-electron chi connectivity index (χ2n) is 17.5. The Morgan fingerprint density at radius 2 is 1.28 bits per heavy atom. The Hall–Kier alpha value is -5.57. The molecule has 8 aromatic rings. The third-order valence-corrected chi connectivity index (χ3v) is 11.0. The van der Waals surface area contributed by atoms with Crippen molar-refractivity contribution < 1.29 is 38.5 Å². The zero-order valence-corrected chi connectivity index (χ0v) is 37.2. The summed E-state index contributed by atoms with van der Waals surface area (Å²) in [6.45, 7) is 4.01. The van der Waals surface area contributed by atoms with Crippen molar-refractivity contribution in [3.8, 4) is 67.5 Å². The third-order valence-electron chi connectivity index (χ3n) is 11.0. The molecular weight excluding hydrogens is 914 g/mol. The van der Waals surface area contributed by atoms with Crippen molar-refractivity contribution in [2.45, 2.75) is 85.3 Å². The van der Waals surface area contributed by atoms with Crippen molar-refractivity contribution in [2.75, 3.05) is 0 Å². The van der Waals surface area contributed by atoms with E-state index in [1.54, 1.807) is 6.20 Å². The van der Waals surface area contributed by atoms with E-state index in [-0.39, 0.29) is 43.3 Å². The molecule has 4 nitrogen and oxygen atoms in total. The number of pyridine rings is 1. The average molecular weight is 977 g/mol. The number of aromatic nitrogens is 3. The van der Waals surface area contributed by atoms with Crippen LogP contribution in [-0.4, -0.2) is 19.6 Å². The second kappa shape index (κ2) is 16.1. The van der Waals surface area contributed by atoms with E-state index in [1.807, 2.05) is 71.3 Å². The number of phenolic OH excluding ortho intramolecular Hbond substituents is 1. The fourth-order valence-electron chi connectivity index (χ4n) is 7.60. The van der Waals surface area contributed by atoms with Crippen LogP contribution in [-0.2, 0) is 37.3 Å². The summed E-state index contributed by atoms with van der Waals surface area (Å²) in [4.78, 5) is 10.1. The van der Waals surface area contributed by atoms with Crippen LogP contribution in [0.2, 0.25) is 0 Å². The summed E-state index contributed by atoms with van der Waals surface area (Å²) >= 11 is 0. The predicted octanol–water partition coefficient (Wildman–Crippen LogP) is 14.5. The fourth-order valence-corrected chi connectivity index (χ4v) is 7.60. The summed E-state index contributed by atoms with van der Waals surface area (Å²) < 4.78 is 78.5. The van der Waals surface area contributed by atoms with Gasteiger partial charge in [-0.1, -0.05) is 170 Å². The molecule has 6 aromatic carbocycles. The number of aromatic hydroxyl groups is 1. The van der Waals surface area contributed by atoms with Crippen LogP contribution in [0.4, 0.5) is 0 Å². The Bertz CT molecular complexity index is 3140. The Morgan fingerprint density at radius 1 is 0.600 bits per heavy atom. The van der Waals surface area contributed by atoms with Crippen LogP contribution in [0, 0.1) is 13.0 Å². The van der Waals surface area contributed by atoms with E-state index >= 15 is 0 Å². The summed E-state index contributed by atoms with van der Waals surface area (Å²) in [5.41, 5.74) is 6.82. The Morgan fingerprint density at radius 3 is 1.98 bits per heavy atom. The van der Waals surface area contributed by atoms with Crippen LogP contribution in [0.5, 0.6) is 5.75 Å². The number of rotatable bonds is 6. The maximum atomic E-state index is 12.5. The molecule has 0 bridgehead atoms. The van der Waals surface area contributed by atoms with Crippen LogP contribution in [0.25, 0.3) is 72.7 Å². The summed E-state index contributed by atoms with van der Waals surface area (Å²) in [6.07, 6.45) is 1.80. The molecule has 306 valence electrons. The number of nitrogens with zero attached hydrogens (tertiary/aromatic N) is 3. The van der Waals surface area contributed by atoms with Gasteiger partial charge in [0.1, 0.15) is 11.6 Å². The van der Waals surface area contributed by atoms with Gasteiger partial charge in [-0.05, 0) is 81.3 Å². The minimum absolute atomic E-state index is 0. The number of hydrogen-bond donors (Lipinski definition) is 1. The Labute approximate surface area is 383 Å². The van der Waals surface area contributed by atoms with E-state index in [4.69, 9.17) is 22.3 Å². The van der Waals surface area contributed by atoms with Gasteiger partial charge in [-0.25, -0.2) is 4.98 Å². The van der Waals surface area contributed by atoms with Crippen LogP contribution in [0.15, 0.2) is 140 Å². The molecule has 0 fully saturated rings. The molecule has 0 aliphatic carbocycles. The number of fused-ring (bicyclic) bond motifs is 1. The topological polar surface area (TPSA) is 50.9 Å². The third kappa shape index (κ3) is 8.28. The van der Waals surface area contributed by atoms with Gasteiger partial charge in [-0.2, -0.15) is 0 Å².